The number of anilines is 1. The molecule has 154 valence electrons. The molecule has 2 aromatic carbocycles. The average molecular weight is 408 g/mol. The first-order valence-electron chi connectivity index (χ1n) is 8.95. The Labute approximate surface area is 173 Å². The first kappa shape index (κ1) is 20.7. The molecule has 0 atom stereocenters. The zero-order valence-electron chi connectivity index (χ0n) is 16.5. The second kappa shape index (κ2) is 8.95. The summed E-state index contributed by atoms with van der Waals surface area (Å²) in [6, 6.07) is 10.5. The highest BCUT2D eigenvalue weighted by Gasteiger charge is 2.36. The number of rotatable bonds is 7. The molecule has 8 nitrogen and oxygen atoms in total. The van der Waals surface area contributed by atoms with E-state index in [2.05, 4.69) is 11.9 Å². The molecule has 4 amide bonds. The quantitative estimate of drug-likeness (QED) is 0.430. The lowest BCUT2D eigenvalue weighted by atomic mass is 10.1. The maximum absolute atomic E-state index is 12.9. The Morgan fingerprint density at radius 1 is 1.00 bits per heavy atom. The van der Waals surface area contributed by atoms with Crippen molar-refractivity contribution in [2.75, 3.05) is 25.7 Å². The predicted octanol–water partition coefficient (Wildman–Crippen LogP) is 2.94. The van der Waals surface area contributed by atoms with E-state index in [1.165, 1.54) is 20.3 Å². The molecule has 0 aliphatic carbocycles. The Morgan fingerprint density at radius 3 is 2.37 bits per heavy atom. The maximum atomic E-state index is 12.9. The number of carbonyl (C=O) groups is 3. The predicted molar refractivity (Wildman–Crippen MR) is 111 cm³/mol. The Kier molecular flexibility index (Phi) is 6.17. The molecular weight excluding hydrogens is 388 g/mol. The standard InChI is InChI=1S/C22H20N2O6/c1-4-11-30-18-10-5-14(13-19(18)29-3)12-17-20(25)23-22(27)24(21(17)26)15-6-8-16(28-2)9-7-15/h4-10,12-13H,1,11H2,2-3H3,(H,23,25,27). The Balaban J connectivity index is 1.94. The van der Waals surface area contributed by atoms with Crippen molar-refractivity contribution >= 4 is 29.6 Å². The average Bonchev–Trinajstić information content (AvgIpc) is 2.75. The molecule has 0 aromatic heterocycles. The second-order valence-corrected chi connectivity index (χ2v) is 6.17. The number of carbonyl (C=O) groups excluding carboxylic acids is 3. The molecule has 1 aliphatic heterocycles. The van der Waals surface area contributed by atoms with Gasteiger partial charge in [-0.15, -0.1) is 0 Å². The summed E-state index contributed by atoms with van der Waals surface area (Å²) in [5.41, 5.74) is 0.648. The molecular formula is C22H20N2O6. The van der Waals surface area contributed by atoms with Gasteiger partial charge >= 0.3 is 6.03 Å². The SMILES string of the molecule is C=CCOc1ccc(C=C2C(=O)NC(=O)N(c3ccc(OC)cc3)C2=O)cc1OC. The molecule has 30 heavy (non-hydrogen) atoms. The lowest BCUT2D eigenvalue weighted by molar-refractivity contribution is -0.122. The van der Waals surface area contributed by atoms with Crippen LogP contribution < -0.4 is 24.4 Å². The van der Waals surface area contributed by atoms with Crippen LogP contribution in [0.1, 0.15) is 5.56 Å². The van der Waals surface area contributed by atoms with Crippen LogP contribution >= 0.6 is 0 Å². The van der Waals surface area contributed by atoms with Crippen molar-refractivity contribution < 1.29 is 28.6 Å². The van der Waals surface area contributed by atoms with Crippen molar-refractivity contribution in [3.63, 3.8) is 0 Å². The zero-order chi connectivity index (χ0) is 21.7. The van der Waals surface area contributed by atoms with Crippen molar-refractivity contribution in [3.8, 4) is 17.2 Å². The highest BCUT2D eigenvalue weighted by molar-refractivity contribution is 6.39. The molecule has 3 rings (SSSR count). The van der Waals surface area contributed by atoms with Crippen LogP contribution in [0.3, 0.4) is 0 Å². The van der Waals surface area contributed by atoms with Crippen molar-refractivity contribution in [3.05, 3.63) is 66.3 Å². The van der Waals surface area contributed by atoms with Crippen LogP contribution in [0.2, 0.25) is 0 Å². The van der Waals surface area contributed by atoms with E-state index in [-0.39, 0.29) is 5.57 Å². The maximum Gasteiger partial charge on any atom is 0.335 e. The molecule has 0 radical (unpaired) electrons. The Bertz CT molecular complexity index is 1030. The number of hydrogen-bond acceptors (Lipinski definition) is 6. The number of urea groups is 1. The van der Waals surface area contributed by atoms with Crippen LogP contribution in [0.25, 0.3) is 6.08 Å². The summed E-state index contributed by atoms with van der Waals surface area (Å²) in [5, 5.41) is 2.19. The summed E-state index contributed by atoms with van der Waals surface area (Å²) < 4.78 is 15.9. The summed E-state index contributed by atoms with van der Waals surface area (Å²) in [6.45, 7) is 3.90. The number of amides is 4. The molecule has 1 N–H and O–H groups in total. The molecule has 8 heteroatoms. The number of hydrogen-bond donors (Lipinski definition) is 1. The van der Waals surface area contributed by atoms with Crippen LogP contribution in [0.15, 0.2) is 60.7 Å². The first-order valence-corrected chi connectivity index (χ1v) is 8.95. The van der Waals surface area contributed by atoms with Gasteiger partial charge in [-0.2, -0.15) is 0 Å². The van der Waals surface area contributed by atoms with Gasteiger partial charge in [0, 0.05) is 0 Å². The number of nitrogens with one attached hydrogen (secondary N) is 1. The van der Waals surface area contributed by atoms with Gasteiger partial charge < -0.3 is 14.2 Å². The van der Waals surface area contributed by atoms with Crippen LogP contribution in [0.4, 0.5) is 10.5 Å². The molecule has 0 bridgehead atoms. The van der Waals surface area contributed by atoms with E-state index in [4.69, 9.17) is 14.2 Å². The number of nitrogens with zero attached hydrogens (tertiary/aromatic N) is 1. The van der Waals surface area contributed by atoms with E-state index in [0.717, 1.165) is 4.90 Å². The van der Waals surface area contributed by atoms with Gasteiger partial charge in [-0.3, -0.25) is 14.9 Å². The van der Waals surface area contributed by atoms with Crippen LogP contribution in [-0.4, -0.2) is 38.7 Å². The molecule has 0 saturated carbocycles. The number of barbiturate groups is 1. The lowest BCUT2D eigenvalue weighted by Crippen LogP contribution is -2.54. The number of methoxy groups -OCH3 is 2. The third-order valence-corrected chi connectivity index (χ3v) is 4.29. The van der Waals surface area contributed by atoms with Gasteiger partial charge in [-0.1, -0.05) is 18.7 Å². The second-order valence-electron chi connectivity index (χ2n) is 6.17. The number of imide groups is 2. The van der Waals surface area contributed by atoms with Crippen molar-refractivity contribution in [1.82, 2.24) is 5.32 Å². The van der Waals surface area contributed by atoms with E-state index in [1.54, 1.807) is 48.5 Å². The smallest absolute Gasteiger partial charge is 0.335 e. The first-order chi connectivity index (χ1) is 14.5. The van der Waals surface area contributed by atoms with E-state index >= 15 is 0 Å². The third kappa shape index (κ3) is 4.17. The molecule has 0 spiro atoms. The largest absolute Gasteiger partial charge is 0.497 e. The van der Waals surface area contributed by atoms with Crippen molar-refractivity contribution in [2.24, 2.45) is 0 Å². The monoisotopic (exact) mass is 408 g/mol. The molecule has 1 saturated heterocycles. The molecule has 1 fully saturated rings. The van der Waals surface area contributed by atoms with E-state index in [1.807, 2.05) is 0 Å². The summed E-state index contributed by atoms with van der Waals surface area (Å²) in [5.74, 6) is -0.0196. The van der Waals surface area contributed by atoms with Crippen LogP contribution in [-0.2, 0) is 9.59 Å². The summed E-state index contributed by atoms with van der Waals surface area (Å²) in [4.78, 5) is 38.4. The summed E-state index contributed by atoms with van der Waals surface area (Å²) in [7, 11) is 2.99. The summed E-state index contributed by atoms with van der Waals surface area (Å²) in [6.07, 6.45) is 2.99. The van der Waals surface area contributed by atoms with Gasteiger partial charge in [0.05, 0.1) is 19.9 Å². The van der Waals surface area contributed by atoms with E-state index in [9.17, 15) is 14.4 Å². The van der Waals surface area contributed by atoms with Gasteiger partial charge in [-0.25, -0.2) is 9.69 Å². The normalized spacial score (nSPS) is 15.1. The van der Waals surface area contributed by atoms with Crippen molar-refractivity contribution in [1.29, 1.82) is 0 Å². The van der Waals surface area contributed by atoms with E-state index < -0.39 is 17.8 Å². The molecule has 1 heterocycles. The van der Waals surface area contributed by atoms with Gasteiger partial charge in [0.2, 0.25) is 0 Å². The minimum atomic E-state index is -0.821. The Hall–Kier alpha value is -4.07. The van der Waals surface area contributed by atoms with Gasteiger partial charge in [-0.05, 0) is 48.0 Å². The fraction of sp³-hybridized carbons (Fsp3) is 0.136. The number of ether oxygens (including phenoxy) is 3. The minimum Gasteiger partial charge on any atom is -0.497 e. The zero-order valence-corrected chi connectivity index (χ0v) is 16.5. The van der Waals surface area contributed by atoms with Gasteiger partial charge in [0.25, 0.3) is 11.8 Å². The minimum absolute atomic E-state index is 0.188. The summed E-state index contributed by atoms with van der Waals surface area (Å²) >= 11 is 0. The third-order valence-electron chi connectivity index (χ3n) is 4.29. The Morgan fingerprint density at radius 2 is 1.73 bits per heavy atom. The highest BCUT2D eigenvalue weighted by Crippen LogP contribution is 2.30. The van der Waals surface area contributed by atoms with Crippen LogP contribution in [0, 0.1) is 0 Å². The topological polar surface area (TPSA) is 94.2 Å². The fourth-order valence-electron chi connectivity index (χ4n) is 2.83. The fourth-order valence-corrected chi connectivity index (χ4v) is 2.83. The molecule has 1 aliphatic rings. The molecule has 0 unspecified atom stereocenters. The lowest BCUT2D eigenvalue weighted by Gasteiger charge is -2.26. The molecule has 2 aromatic rings. The van der Waals surface area contributed by atoms with Crippen molar-refractivity contribution in [2.45, 2.75) is 0 Å². The van der Waals surface area contributed by atoms with E-state index in [0.29, 0.717) is 35.1 Å². The number of benzene rings is 2. The highest BCUT2D eigenvalue weighted by atomic mass is 16.5. The van der Waals surface area contributed by atoms with Gasteiger partial charge in [0.15, 0.2) is 11.5 Å². The van der Waals surface area contributed by atoms with Gasteiger partial charge in [0.1, 0.15) is 17.9 Å². The van der Waals surface area contributed by atoms with Crippen LogP contribution in [0.5, 0.6) is 17.2 Å².